The molecular formula is C20H23N3O5S. The summed E-state index contributed by atoms with van der Waals surface area (Å²) in [6, 6.07) is 9.22. The van der Waals surface area contributed by atoms with Crippen molar-refractivity contribution in [1.82, 2.24) is 10.6 Å². The SMILES string of the molecule is CC(C)(C)C(=O)Nc1cccc(C(=O)OCC(=O)NC(=O)NCc2cccs2)c1. The minimum absolute atomic E-state index is 0.173. The minimum Gasteiger partial charge on any atom is -0.452 e. The molecule has 1 aromatic heterocycles. The summed E-state index contributed by atoms with van der Waals surface area (Å²) in [5.74, 6) is -1.69. The molecule has 0 fully saturated rings. The third-order valence-corrected chi connectivity index (χ3v) is 4.50. The summed E-state index contributed by atoms with van der Waals surface area (Å²) in [6.07, 6.45) is 0. The van der Waals surface area contributed by atoms with Crippen LogP contribution in [0, 0.1) is 5.41 Å². The maximum atomic E-state index is 12.1. The third kappa shape index (κ3) is 7.38. The van der Waals surface area contributed by atoms with E-state index in [1.807, 2.05) is 17.5 Å². The van der Waals surface area contributed by atoms with Crippen LogP contribution in [0.15, 0.2) is 41.8 Å². The van der Waals surface area contributed by atoms with Gasteiger partial charge in [0.2, 0.25) is 5.91 Å². The molecule has 0 saturated heterocycles. The van der Waals surface area contributed by atoms with Crippen LogP contribution in [-0.4, -0.2) is 30.4 Å². The van der Waals surface area contributed by atoms with Crippen LogP contribution in [0.3, 0.4) is 0 Å². The Bertz CT molecular complexity index is 888. The van der Waals surface area contributed by atoms with Gasteiger partial charge in [0, 0.05) is 16.0 Å². The number of benzene rings is 1. The first-order chi connectivity index (χ1) is 13.6. The Labute approximate surface area is 172 Å². The number of urea groups is 1. The van der Waals surface area contributed by atoms with Crippen molar-refractivity contribution in [2.45, 2.75) is 27.3 Å². The summed E-state index contributed by atoms with van der Waals surface area (Å²) < 4.78 is 4.93. The largest absolute Gasteiger partial charge is 0.452 e. The number of carbonyl (C=O) groups is 4. The van der Waals surface area contributed by atoms with E-state index in [1.54, 1.807) is 32.9 Å². The average molecular weight is 417 g/mol. The van der Waals surface area contributed by atoms with Crippen LogP contribution in [-0.2, 0) is 20.9 Å². The number of amides is 4. The molecule has 0 aliphatic rings. The first-order valence-electron chi connectivity index (χ1n) is 8.84. The highest BCUT2D eigenvalue weighted by Crippen LogP contribution is 2.18. The number of thiophene rings is 1. The fourth-order valence-corrected chi connectivity index (χ4v) is 2.69. The summed E-state index contributed by atoms with van der Waals surface area (Å²) in [6.45, 7) is 5.01. The fourth-order valence-electron chi connectivity index (χ4n) is 2.04. The molecule has 154 valence electrons. The smallest absolute Gasteiger partial charge is 0.338 e. The second kappa shape index (κ2) is 9.83. The first kappa shape index (κ1) is 22.1. The predicted molar refractivity (Wildman–Crippen MR) is 110 cm³/mol. The van der Waals surface area contributed by atoms with Crippen molar-refractivity contribution in [3.05, 3.63) is 52.2 Å². The number of esters is 1. The molecule has 0 aliphatic carbocycles. The topological polar surface area (TPSA) is 114 Å². The predicted octanol–water partition coefficient (Wildman–Crippen LogP) is 2.92. The van der Waals surface area contributed by atoms with Crippen molar-refractivity contribution in [2.75, 3.05) is 11.9 Å². The van der Waals surface area contributed by atoms with Gasteiger partial charge in [0.15, 0.2) is 6.61 Å². The number of hydrogen-bond donors (Lipinski definition) is 3. The summed E-state index contributed by atoms with van der Waals surface area (Å²) in [5, 5.41) is 9.21. The Kier molecular flexibility index (Phi) is 7.49. The van der Waals surface area contributed by atoms with Crippen molar-refractivity contribution in [3.63, 3.8) is 0 Å². The highest BCUT2D eigenvalue weighted by atomic mass is 32.1. The van der Waals surface area contributed by atoms with Crippen molar-refractivity contribution in [3.8, 4) is 0 Å². The molecule has 0 unspecified atom stereocenters. The molecule has 3 N–H and O–H groups in total. The van der Waals surface area contributed by atoms with Gasteiger partial charge in [-0.05, 0) is 29.6 Å². The Hall–Kier alpha value is -3.20. The number of ether oxygens (including phenoxy) is 1. The van der Waals surface area contributed by atoms with Gasteiger partial charge >= 0.3 is 12.0 Å². The van der Waals surface area contributed by atoms with E-state index in [9.17, 15) is 19.2 Å². The zero-order valence-corrected chi connectivity index (χ0v) is 17.2. The molecule has 1 aromatic carbocycles. The highest BCUT2D eigenvalue weighted by molar-refractivity contribution is 7.09. The number of imide groups is 1. The minimum atomic E-state index is -0.751. The Morgan fingerprint density at radius 2 is 1.83 bits per heavy atom. The monoisotopic (exact) mass is 417 g/mol. The lowest BCUT2D eigenvalue weighted by Crippen LogP contribution is -2.41. The molecule has 2 aromatic rings. The first-order valence-corrected chi connectivity index (χ1v) is 9.72. The normalized spacial score (nSPS) is 10.7. The van der Waals surface area contributed by atoms with Gasteiger partial charge in [-0.3, -0.25) is 14.9 Å². The summed E-state index contributed by atoms with van der Waals surface area (Å²) >= 11 is 1.48. The lowest BCUT2D eigenvalue weighted by Gasteiger charge is -2.17. The Balaban J connectivity index is 1.80. The van der Waals surface area contributed by atoms with Crippen molar-refractivity contribution in [2.24, 2.45) is 5.41 Å². The van der Waals surface area contributed by atoms with Gasteiger partial charge in [0.25, 0.3) is 5.91 Å². The van der Waals surface area contributed by atoms with Crippen LogP contribution in [0.25, 0.3) is 0 Å². The van der Waals surface area contributed by atoms with E-state index in [0.29, 0.717) is 12.2 Å². The number of nitrogens with one attached hydrogen (secondary N) is 3. The van der Waals surface area contributed by atoms with Gasteiger partial charge in [-0.2, -0.15) is 0 Å². The van der Waals surface area contributed by atoms with Gasteiger partial charge < -0.3 is 15.4 Å². The van der Waals surface area contributed by atoms with Crippen LogP contribution in [0.1, 0.15) is 36.0 Å². The van der Waals surface area contributed by atoms with E-state index >= 15 is 0 Å². The van der Waals surface area contributed by atoms with Crippen LogP contribution >= 0.6 is 11.3 Å². The van der Waals surface area contributed by atoms with Crippen LogP contribution < -0.4 is 16.0 Å². The van der Waals surface area contributed by atoms with Gasteiger partial charge in [-0.1, -0.05) is 32.9 Å². The lowest BCUT2D eigenvalue weighted by molar-refractivity contribution is -0.123. The fraction of sp³-hybridized carbons (Fsp3) is 0.300. The number of hydrogen-bond acceptors (Lipinski definition) is 6. The molecule has 1 heterocycles. The molecule has 29 heavy (non-hydrogen) atoms. The summed E-state index contributed by atoms with van der Waals surface area (Å²) in [7, 11) is 0. The van der Waals surface area contributed by atoms with E-state index in [0.717, 1.165) is 4.88 Å². The molecule has 0 spiro atoms. The highest BCUT2D eigenvalue weighted by Gasteiger charge is 2.21. The third-order valence-electron chi connectivity index (χ3n) is 3.63. The number of carbonyl (C=O) groups excluding carboxylic acids is 4. The van der Waals surface area contributed by atoms with E-state index < -0.39 is 29.9 Å². The molecule has 8 nitrogen and oxygen atoms in total. The average Bonchev–Trinajstić information content (AvgIpc) is 3.17. The van der Waals surface area contributed by atoms with Gasteiger partial charge in [-0.15, -0.1) is 11.3 Å². The molecule has 0 bridgehead atoms. The summed E-state index contributed by atoms with van der Waals surface area (Å²) in [5.41, 5.74) is 0.0296. The van der Waals surface area contributed by atoms with Crippen molar-refractivity contribution < 1.29 is 23.9 Å². The van der Waals surface area contributed by atoms with E-state index in [-0.39, 0.29) is 11.5 Å². The van der Waals surface area contributed by atoms with E-state index in [1.165, 1.54) is 23.5 Å². The second-order valence-corrected chi connectivity index (χ2v) is 8.20. The van der Waals surface area contributed by atoms with Gasteiger partial charge in [0.1, 0.15) is 0 Å². The van der Waals surface area contributed by atoms with Crippen molar-refractivity contribution >= 4 is 40.8 Å². The maximum absolute atomic E-state index is 12.1. The molecule has 0 saturated carbocycles. The Morgan fingerprint density at radius 3 is 2.48 bits per heavy atom. The summed E-state index contributed by atoms with van der Waals surface area (Å²) in [4.78, 5) is 48.6. The number of anilines is 1. The van der Waals surface area contributed by atoms with Gasteiger partial charge in [-0.25, -0.2) is 9.59 Å². The Morgan fingerprint density at radius 1 is 1.07 bits per heavy atom. The van der Waals surface area contributed by atoms with E-state index in [4.69, 9.17) is 4.74 Å². The maximum Gasteiger partial charge on any atom is 0.338 e. The number of rotatable bonds is 6. The standard InChI is InChI=1S/C20H23N3O5S/c1-20(2,3)18(26)22-14-7-4-6-13(10-14)17(25)28-12-16(24)23-19(27)21-11-15-8-5-9-29-15/h4-10H,11-12H2,1-3H3,(H,22,26)(H2,21,23,24,27). The lowest BCUT2D eigenvalue weighted by atomic mass is 9.95. The van der Waals surface area contributed by atoms with Crippen molar-refractivity contribution in [1.29, 1.82) is 0 Å². The van der Waals surface area contributed by atoms with E-state index in [2.05, 4.69) is 16.0 Å². The second-order valence-electron chi connectivity index (χ2n) is 7.17. The molecular weight excluding hydrogens is 394 g/mol. The molecule has 4 amide bonds. The molecule has 2 rings (SSSR count). The molecule has 9 heteroatoms. The zero-order valence-electron chi connectivity index (χ0n) is 16.4. The van der Waals surface area contributed by atoms with Crippen LogP contribution in [0.5, 0.6) is 0 Å². The quantitative estimate of drug-likeness (QED) is 0.626. The molecule has 0 aliphatic heterocycles. The van der Waals surface area contributed by atoms with Crippen LogP contribution in [0.4, 0.5) is 10.5 Å². The van der Waals surface area contributed by atoms with Crippen LogP contribution in [0.2, 0.25) is 0 Å². The molecule has 0 atom stereocenters. The molecule has 0 radical (unpaired) electrons. The van der Waals surface area contributed by atoms with Gasteiger partial charge in [0.05, 0.1) is 12.1 Å². The zero-order chi connectivity index (χ0) is 21.4.